The van der Waals surface area contributed by atoms with Gasteiger partial charge in [-0.15, -0.1) is 0 Å². The molecule has 0 aliphatic rings. The minimum absolute atomic E-state index is 0.0553. The van der Waals surface area contributed by atoms with Crippen LogP contribution in [0.4, 0.5) is 13.2 Å². The summed E-state index contributed by atoms with van der Waals surface area (Å²) in [6.45, 7) is 0.529. The number of halogens is 4. The zero-order valence-electron chi connectivity index (χ0n) is 16.6. The predicted octanol–water partition coefficient (Wildman–Crippen LogP) is 4.72. The topological polar surface area (TPSA) is 64.7 Å². The molecule has 2 heterocycles. The lowest BCUT2D eigenvalue weighted by Crippen LogP contribution is -2.27. The molecule has 0 spiro atoms. The van der Waals surface area contributed by atoms with E-state index >= 15 is 0 Å². The van der Waals surface area contributed by atoms with Crippen LogP contribution in [0.15, 0.2) is 73.2 Å². The number of carbonyl (C=O) groups is 1. The van der Waals surface area contributed by atoms with Gasteiger partial charge in [0.05, 0.1) is 24.0 Å². The van der Waals surface area contributed by atoms with Gasteiger partial charge in [0, 0.05) is 24.0 Å². The van der Waals surface area contributed by atoms with Crippen LogP contribution in [0.25, 0.3) is 5.69 Å². The molecule has 0 fully saturated rings. The van der Waals surface area contributed by atoms with Gasteiger partial charge in [-0.3, -0.25) is 9.48 Å². The smallest absolute Gasteiger partial charge is 0.348 e. The summed E-state index contributed by atoms with van der Waals surface area (Å²) < 4.78 is 43.9. The maximum Gasteiger partial charge on any atom is 0.434 e. The second-order valence-corrected chi connectivity index (χ2v) is 7.38. The van der Waals surface area contributed by atoms with E-state index in [1.807, 2.05) is 12.1 Å². The van der Waals surface area contributed by atoms with Gasteiger partial charge in [-0.05, 0) is 41.5 Å². The van der Waals surface area contributed by atoms with Crippen LogP contribution < -0.4 is 5.32 Å². The molecule has 0 unspecified atom stereocenters. The monoisotopic (exact) mass is 459 g/mol. The Morgan fingerprint density at radius 3 is 2.38 bits per heavy atom. The Morgan fingerprint density at radius 1 is 1.00 bits per heavy atom. The van der Waals surface area contributed by atoms with E-state index in [-0.39, 0.29) is 12.2 Å². The second kappa shape index (κ2) is 8.88. The molecule has 2 aromatic heterocycles. The van der Waals surface area contributed by atoms with Crippen molar-refractivity contribution in [1.29, 1.82) is 0 Å². The molecule has 2 aromatic carbocycles. The summed E-state index contributed by atoms with van der Waals surface area (Å²) in [7, 11) is 0. The Balaban J connectivity index is 1.58. The van der Waals surface area contributed by atoms with Crippen molar-refractivity contribution in [2.24, 2.45) is 0 Å². The third-order valence-electron chi connectivity index (χ3n) is 4.80. The van der Waals surface area contributed by atoms with Crippen molar-refractivity contribution in [2.75, 3.05) is 0 Å². The van der Waals surface area contributed by atoms with Gasteiger partial charge in [-0.2, -0.15) is 23.4 Å². The molecule has 0 aliphatic carbocycles. The van der Waals surface area contributed by atoms with Crippen LogP contribution in [-0.4, -0.2) is 25.5 Å². The first kappa shape index (κ1) is 21.6. The molecule has 0 aliphatic heterocycles. The Hall–Kier alpha value is -3.59. The van der Waals surface area contributed by atoms with Gasteiger partial charge < -0.3 is 5.32 Å². The Labute approximate surface area is 186 Å². The first-order valence-corrected chi connectivity index (χ1v) is 9.94. The fraction of sp³-hybridized carbons (Fsp3) is 0.136. The van der Waals surface area contributed by atoms with Crippen LogP contribution >= 0.6 is 11.6 Å². The number of hydrogen-bond acceptors (Lipinski definition) is 3. The number of benzene rings is 2. The van der Waals surface area contributed by atoms with Gasteiger partial charge in [-0.1, -0.05) is 35.9 Å². The molecule has 1 N–H and O–H groups in total. The molecule has 10 heteroatoms. The highest BCUT2D eigenvalue weighted by Crippen LogP contribution is 2.34. The third kappa shape index (κ3) is 4.67. The SMILES string of the molecule is O=C(NCc1ccccc1Cn1cccn1)c1cnn(-c2ccc(Cl)cc2)c1C(F)(F)F. The predicted molar refractivity (Wildman–Crippen MR) is 113 cm³/mol. The largest absolute Gasteiger partial charge is 0.434 e. The summed E-state index contributed by atoms with van der Waals surface area (Å²) >= 11 is 5.82. The number of aromatic nitrogens is 4. The highest BCUT2D eigenvalue weighted by atomic mass is 35.5. The highest BCUT2D eigenvalue weighted by molar-refractivity contribution is 6.30. The minimum Gasteiger partial charge on any atom is -0.348 e. The van der Waals surface area contributed by atoms with Crippen LogP contribution in [0, 0.1) is 0 Å². The summed E-state index contributed by atoms with van der Waals surface area (Å²) in [6.07, 6.45) is -0.416. The maximum atomic E-state index is 13.8. The van der Waals surface area contributed by atoms with E-state index in [2.05, 4.69) is 15.5 Å². The van der Waals surface area contributed by atoms with Crippen LogP contribution in [0.2, 0.25) is 5.02 Å². The van der Waals surface area contributed by atoms with Crippen molar-refractivity contribution in [3.8, 4) is 5.69 Å². The Morgan fingerprint density at radius 2 is 1.72 bits per heavy atom. The van der Waals surface area contributed by atoms with Crippen molar-refractivity contribution < 1.29 is 18.0 Å². The molecule has 164 valence electrons. The van der Waals surface area contributed by atoms with E-state index in [9.17, 15) is 18.0 Å². The average molecular weight is 460 g/mol. The van der Waals surface area contributed by atoms with Crippen LogP contribution in [0.5, 0.6) is 0 Å². The summed E-state index contributed by atoms with van der Waals surface area (Å²) in [4.78, 5) is 12.7. The molecule has 0 atom stereocenters. The zero-order chi connectivity index (χ0) is 22.7. The molecule has 0 saturated carbocycles. The van der Waals surface area contributed by atoms with E-state index in [1.54, 1.807) is 35.3 Å². The molecule has 32 heavy (non-hydrogen) atoms. The summed E-state index contributed by atoms with van der Waals surface area (Å²) in [6, 6.07) is 14.8. The van der Waals surface area contributed by atoms with E-state index in [1.165, 1.54) is 24.3 Å². The minimum atomic E-state index is -4.79. The van der Waals surface area contributed by atoms with Gasteiger partial charge in [0.1, 0.15) is 0 Å². The van der Waals surface area contributed by atoms with Crippen molar-refractivity contribution in [3.63, 3.8) is 0 Å². The second-order valence-electron chi connectivity index (χ2n) is 6.95. The van der Waals surface area contributed by atoms with E-state index in [4.69, 9.17) is 11.6 Å². The molecule has 0 saturated heterocycles. The van der Waals surface area contributed by atoms with Crippen LogP contribution in [0.1, 0.15) is 27.2 Å². The Kier molecular flexibility index (Phi) is 6.00. The quantitative estimate of drug-likeness (QED) is 0.454. The molecular weight excluding hydrogens is 443 g/mol. The van der Waals surface area contributed by atoms with E-state index in [0.29, 0.717) is 16.2 Å². The number of hydrogen-bond donors (Lipinski definition) is 1. The van der Waals surface area contributed by atoms with Crippen LogP contribution in [-0.2, 0) is 19.3 Å². The van der Waals surface area contributed by atoms with Crippen molar-refractivity contribution in [3.05, 3.63) is 101 Å². The molecule has 1 amide bonds. The summed E-state index contributed by atoms with van der Waals surface area (Å²) in [5, 5.41) is 10.9. The molecule has 0 radical (unpaired) electrons. The number of alkyl halides is 3. The standard InChI is InChI=1S/C22H17ClF3N5O/c23-17-6-8-18(9-7-17)31-20(22(24,25)26)19(13-29-31)21(32)27-12-15-4-1-2-5-16(15)14-30-11-3-10-28-30/h1-11,13H,12,14H2,(H,27,32). The summed E-state index contributed by atoms with van der Waals surface area (Å²) in [5.74, 6) is -0.869. The average Bonchev–Trinajstić information content (AvgIpc) is 3.43. The normalized spacial score (nSPS) is 11.5. The number of nitrogens with zero attached hydrogens (tertiary/aromatic N) is 4. The van der Waals surface area contributed by atoms with Crippen LogP contribution in [0.3, 0.4) is 0 Å². The van der Waals surface area contributed by atoms with E-state index < -0.39 is 23.3 Å². The number of nitrogens with one attached hydrogen (secondary N) is 1. The fourth-order valence-corrected chi connectivity index (χ4v) is 3.41. The zero-order valence-corrected chi connectivity index (χ0v) is 17.3. The highest BCUT2D eigenvalue weighted by Gasteiger charge is 2.40. The molecule has 4 aromatic rings. The molecular formula is C22H17ClF3N5O. The third-order valence-corrected chi connectivity index (χ3v) is 5.05. The molecule has 0 bridgehead atoms. The summed E-state index contributed by atoms with van der Waals surface area (Å²) in [5.41, 5.74) is 0.101. The van der Waals surface area contributed by atoms with Crippen molar-refractivity contribution >= 4 is 17.5 Å². The number of carbonyl (C=O) groups excluding carboxylic acids is 1. The maximum absolute atomic E-state index is 13.8. The van der Waals surface area contributed by atoms with Crippen molar-refractivity contribution in [1.82, 2.24) is 24.9 Å². The van der Waals surface area contributed by atoms with Gasteiger partial charge in [0.15, 0.2) is 5.69 Å². The van der Waals surface area contributed by atoms with Gasteiger partial charge in [-0.25, -0.2) is 4.68 Å². The number of rotatable bonds is 6. The first-order chi connectivity index (χ1) is 15.3. The van der Waals surface area contributed by atoms with Crippen molar-refractivity contribution in [2.45, 2.75) is 19.3 Å². The lowest BCUT2D eigenvalue weighted by Gasteiger charge is -2.14. The molecule has 6 nitrogen and oxygen atoms in total. The Bertz CT molecular complexity index is 1220. The first-order valence-electron chi connectivity index (χ1n) is 9.56. The van der Waals surface area contributed by atoms with Gasteiger partial charge in [0.25, 0.3) is 5.91 Å². The van der Waals surface area contributed by atoms with Gasteiger partial charge >= 0.3 is 6.18 Å². The number of amides is 1. The van der Waals surface area contributed by atoms with E-state index in [0.717, 1.165) is 17.3 Å². The fourth-order valence-electron chi connectivity index (χ4n) is 3.29. The lowest BCUT2D eigenvalue weighted by molar-refractivity contribution is -0.143. The van der Waals surface area contributed by atoms with Gasteiger partial charge in [0.2, 0.25) is 0 Å². The molecule has 4 rings (SSSR count). The lowest BCUT2D eigenvalue weighted by atomic mass is 10.1.